The van der Waals surface area contributed by atoms with Gasteiger partial charge in [-0.1, -0.05) is 17.7 Å². The molecule has 0 radical (unpaired) electrons. The lowest BCUT2D eigenvalue weighted by atomic mass is 10.2. The first-order valence-electron chi connectivity index (χ1n) is 4.02. The highest BCUT2D eigenvalue weighted by molar-refractivity contribution is 7.98. The lowest BCUT2D eigenvalue weighted by Crippen LogP contribution is -2.06. The van der Waals surface area contributed by atoms with E-state index in [1.54, 1.807) is 11.8 Å². The van der Waals surface area contributed by atoms with E-state index in [1.165, 1.54) is 0 Å². The van der Waals surface area contributed by atoms with Crippen molar-refractivity contribution in [1.82, 2.24) is 0 Å². The van der Waals surface area contributed by atoms with Gasteiger partial charge in [0.25, 0.3) is 0 Å². The number of hydrogen-bond donors (Lipinski definition) is 2. The summed E-state index contributed by atoms with van der Waals surface area (Å²) in [4.78, 5) is 0. The molecule has 0 aromatic heterocycles. The van der Waals surface area contributed by atoms with E-state index in [4.69, 9.17) is 17.3 Å². The second kappa shape index (κ2) is 5.25. The van der Waals surface area contributed by atoms with E-state index in [0.717, 1.165) is 18.0 Å². The van der Waals surface area contributed by atoms with Gasteiger partial charge >= 0.3 is 0 Å². The van der Waals surface area contributed by atoms with Gasteiger partial charge in [-0.25, -0.2) is 0 Å². The molecule has 0 spiro atoms. The Morgan fingerprint density at radius 3 is 2.92 bits per heavy atom. The van der Waals surface area contributed by atoms with Gasteiger partial charge in [-0.2, -0.15) is 11.8 Å². The average molecular weight is 217 g/mol. The molecule has 0 unspecified atom stereocenters. The smallest absolute Gasteiger partial charge is 0.0763 e. The maximum absolute atomic E-state index is 5.96. The molecule has 0 amide bonds. The Morgan fingerprint density at radius 1 is 1.54 bits per heavy atom. The SMILES string of the molecule is CSCCNc1c(N)cccc1Cl. The molecular weight excluding hydrogens is 204 g/mol. The number of anilines is 2. The molecule has 1 rings (SSSR count). The van der Waals surface area contributed by atoms with Crippen molar-refractivity contribution >= 4 is 34.7 Å². The predicted octanol–water partition coefficient (Wildman–Crippen LogP) is 2.70. The van der Waals surface area contributed by atoms with E-state index in [2.05, 4.69) is 11.6 Å². The first kappa shape index (κ1) is 10.5. The lowest BCUT2D eigenvalue weighted by Gasteiger charge is -2.09. The molecule has 2 nitrogen and oxygen atoms in total. The minimum absolute atomic E-state index is 0.682. The normalized spacial score (nSPS) is 10.0. The summed E-state index contributed by atoms with van der Waals surface area (Å²) in [6.07, 6.45) is 2.07. The monoisotopic (exact) mass is 216 g/mol. The van der Waals surface area contributed by atoms with E-state index in [9.17, 15) is 0 Å². The molecule has 0 bridgehead atoms. The molecule has 1 aromatic carbocycles. The van der Waals surface area contributed by atoms with Crippen LogP contribution in [-0.2, 0) is 0 Å². The van der Waals surface area contributed by atoms with Crippen LogP contribution in [0.15, 0.2) is 18.2 Å². The van der Waals surface area contributed by atoms with Crippen molar-refractivity contribution in [2.75, 3.05) is 29.6 Å². The second-order valence-corrected chi connectivity index (χ2v) is 4.02. The molecule has 0 fully saturated rings. The number of thioether (sulfide) groups is 1. The van der Waals surface area contributed by atoms with E-state index in [0.29, 0.717) is 10.7 Å². The Hall–Kier alpha value is -0.540. The molecule has 72 valence electrons. The Bertz CT molecular complexity index is 258. The second-order valence-electron chi connectivity index (χ2n) is 2.62. The van der Waals surface area contributed by atoms with Crippen LogP contribution >= 0.6 is 23.4 Å². The molecule has 13 heavy (non-hydrogen) atoms. The molecule has 0 aliphatic heterocycles. The van der Waals surface area contributed by atoms with Crippen molar-refractivity contribution in [2.24, 2.45) is 0 Å². The minimum atomic E-state index is 0.682. The molecule has 3 N–H and O–H groups in total. The zero-order chi connectivity index (χ0) is 9.68. The van der Waals surface area contributed by atoms with Gasteiger partial charge in [0.2, 0.25) is 0 Å². The Morgan fingerprint density at radius 2 is 2.31 bits per heavy atom. The quantitative estimate of drug-likeness (QED) is 0.601. The molecule has 1 aromatic rings. The van der Waals surface area contributed by atoms with Crippen LogP contribution in [0.4, 0.5) is 11.4 Å². The largest absolute Gasteiger partial charge is 0.397 e. The van der Waals surface area contributed by atoms with Gasteiger partial charge in [0.1, 0.15) is 0 Å². The lowest BCUT2D eigenvalue weighted by molar-refractivity contribution is 1.23. The average Bonchev–Trinajstić information content (AvgIpc) is 2.10. The van der Waals surface area contributed by atoms with Crippen LogP contribution in [0, 0.1) is 0 Å². The van der Waals surface area contributed by atoms with E-state index >= 15 is 0 Å². The highest BCUT2D eigenvalue weighted by atomic mass is 35.5. The van der Waals surface area contributed by atoms with E-state index in [1.807, 2.05) is 18.2 Å². The van der Waals surface area contributed by atoms with Gasteiger partial charge in [-0.3, -0.25) is 0 Å². The summed E-state index contributed by atoms with van der Waals surface area (Å²) in [5.74, 6) is 1.05. The summed E-state index contributed by atoms with van der Waals surface area (Å²) in [6.45, 7) is 0.884. The Balaban J connectivity index is 2.64. The summed E-state index contributed by atoms with van der Waals surface area (Å²) < 4.78 is 0. The fourth-order valence-corrected chi connectivity index (χ4v) is 1.56. The van der Waals surface area contributed by atoms with Gasteiger partial charge in [-0.05, 0) is 18.4 Å². The molecule has 4 heteroatoms. The molecule has 0 saturated carbocycles. The number of para-hydroxylation sites is 1. The summed E-state index contributed by atoms with van der Waals surface area (Å²) >= 11 is 7.75. The highest BCUT2D eigenvalue weighted by Crippen LogP contribution is 2.27. The maximum Gasteiger partial charge on any atom is 0.0763 e. The van der Waals surface area contributed by atoms with Crippen LogP contribution in [0.2, 0.25) is 5.02 Å². The number of benzene rings is 1. The highest BCUT2D eigenvalue weighted by Gasteiger charge is 2.01. The molecule has 0 saturated heterocycles. The molecular formula is C9H13ClN2S. The van der Waals surface area contributed by atoms with Crippen LogP contribution in [0.1, 0.15) is 0 Å². The van der Waals surface area contributed by atoms with Crippen molar-refractivity contribution in [3.8, 4) is 0 Å². The van der Waals surface area contributed by atoms with Gasteiger partial charge < -0.3 is 11.1 Å². The maximum atomic E-state index is 5.96. The van der Waals surface area contributed by atoms with Gasteiger partial charge in [-0.15, -0.1) is 0 Å². The topological polar surface area (TPSA) is 38.0 Å². The number of nitrogen functional groups attached to an aromatic ring is 1. The van der Waals surface area contributed by atoms with Crippen molar-refractivity contribution in [3.05, 3.63) is 23.2 Å². The molecule has 0 aliphatic carbocycles. The fraction of sp³-hybridized carbons (Fsp3) is 0.333. The zero-order valence-corrected chi connectivity index (χ0v) is 9.08. The van der Waals surface area contributed by atoms with E-state index < -0.39 is 0 Å². The third-order valence-corrected chi connectivity index (χ3v) is 2.58. The summed E-state index contributed by atoms with van der Waals surface area (Å²) in [6, 6.07) is 5.52. The van der Waals surface area contributed by atoms with Gasteiger partial charge in [0.05, 0.1) is 16.4 Å². The Kier molecular flexibility index (Phi) is 4.25. The summed E-state index contributed by atoms with van der Waals surface area (Å²) in [5, 5.41) is 3.89. The zero-order valence-electron chi connectivity index (χ0n) is 7.51. The number of nitrogens with one attached hydrogen (secondary N) is 1. The third-order valence-electron chi connectivity index (χ3n) is 1.65. The van der Waals surface area contributed by atoms with E-state index in [-0.39, 0.29) is 0 Å². The van der Waals surface area contributed by atoms with Crippen LogP contribution in [-0.4, -0.2) is 18.6 Å². The predicted molar refractivity (Wildman–Crippen MR) is 62.7 cm³/mol. The van der Waals surface area contributed by atoms with Gasteiger partial charge in [0, 0.05) is 12.3 Å². The first-order valence-corrected chi connectivity index (χ1v) is 5.79. The van der Waals surface area contributed by atoms with Crippen molar-refractivity contribution in [3.63, 3.8) is 0 Å². The van der Waals surface area contributed by atoms with Crippen LogP contribution in [0.5, 0.6) is 0 Å². The number of hydrogen-bond acceptors (Lipinski definition) is 3. The molecule has 0 atom stereocenters. The number of halogens is 1. The van der Waals surface area contributed by atoms with Gasteiger partial charge in [0.15, 0.2) is 0 Å². The fourth-order valence-electron chi connectivity index (χ4n) is 1.01. The van der Waals surface area contributed by atoms with Crippen LogP contribution in [0.25, 0.3) is 0 Å². The summed E-state index contributed by atoms with van der Waals surface area (Å²) in [5.41, 5.74) is 7.30. The molecule has 0 heterocycles. The van der Waals surface area contributed by atoms with Crippen LogP contribution < -0.4 is 11.1 Å². The minimum Gasteiger partial charge on any atom is -0.397 e. The summed E-state index contributed by atoms with van der Waals surface area (Å²) in [7, 11) is 0. The standard InChI is InChI=1S/C9H13ClN2S/c1-13-6-5-12-9-7(10)3-2-4-8(9)11/h2-4,12H,5-6,11H2,1H3. The number of nitrogens with two attached hydrogens (primary N) is 1. The van der Waals surface area contributed by atoms with Crippen molar-refractivity contribution in [2.45, 2.75) is 0 Å². The third kappa shape index (κ3) is 3.01. The number of rotatable bonds is 4. The van der Waals surface area contributed by atoms with Crippen LogP contribution in [0.3, 0.4) is 0 Å². The first-order chi connectivity index (χ1) is 6.25. The van der Waals surface area contributed by atoms with Crippen molar-refractivity contribution in [1.29, 1.82) is 0 Å². The Labute approximate surface area is 87.8 Å². The molecule has 0 aliphatic rings. The van der Waals surface area contributed by atoms with Crippen molar-refractivity contribution < 1.29 is 0 Å².